The second-order valence-electron chi connectivity index (χ2n) is 5.57. The summed E-state index contributed by atoms with van der Waals surface area (Å²) in [6, 6.07) is 12.7. The van der Waals surface area contributed by atoms with E-state index >= 15 is 0 Å². The number of ether oxygens (including phenoxy) is 1. The maximum absolute atomic E-state index is 12.3. The van der Waals surface area contributed by atoms with Gasteiger partial charge < -0.3 is 14.5 Å². The summed E-state index contributed by atoms with van der Waals surface area (Å²) in [4.78, 5) is 28.7. The molecule has 1 N–H and O–H groups in total. The van der Waals surface area contributed by atoms with Crippen LogP contribution in [0.25, 0.3) is 5.65 Å². The second-order valence-corrected chi connectivity index (χ2v) is 6.48. The average molecular weight is 402 g/mol. The summed E-state index contributed by atoms with van der Waals surface area (Å²) in [5.74, 6) is -1.05. The first kappa shape index (κ1) is 17.2. The van der Waals surface area contributed by atoms with Crippen molar-refractivity contribution in [1.29, 1.82) is 0 Å². The zero-order chi connectivity index (χ0) is 18.0. The smallest absolute Gasteiger partial charge is 0.359 e. The van der Waals surface area contributed by atoms with Crippen LogP contribution in [-0.2, 0) is 9.53 Å². The molecule has 0 saturated carbocycles. The molecule has 0 spiro atoms. The molecule has 0 bridgehead atoms. The summed E-state index contributed by atoms with van der Waals surface area (Å²) < 4.78 is 7.87. The number of esters is 1. The van der Waals surface area contributed by atoms with Crippen molar-refractivity contribution in [3.05, 3.63) is 64.5 Å². The molecule has 3 rings (SSSR count). The summed E-state index contributed by atoms with van der Waals surface area (Å²) in [5.41, 5.74) is 2.38. The van der Waals surface area contributed by atoms with Gasteiger partial charge in [0.2, 0.25) is 0 Å². The third-order valence-electron chi connectivity index (χ3n) is 3.65. The van der Waals surface area contributed by atoms with Gasteiger partial charge in [-0.2, -0.15) is 0 Å². The van der Waals surface area contributed by atoms with Gasteiger partial charge in [0, 0.05) is 22.1 Å². The van der Waals surface area contributed by atoms with Crippen LogP contribution in [0.3, 0.4) is 0 Å². The first-order valence-electron chi connectivity index (χ1n) is 7.66. The molecule has 25 heavy (non-hydrogen) atoms. The van der Waals surface area contributed by atoms with Crippen molar-refractivity contribution < 1.29 is 14.3 Å². The van der Waals surface area contributed by atoms with Crippen LogP contribution >= 0.6 is 15.9 Å². The van der Waals surface area contributed by atoms with Crippen LogP contribution in [0.1, 0.15) is 23.1 Å². The minimum absolute atomic E-state index is 0.163. The molecule has 0 unspecified atom stereocenters. The van der Waals surface area contributed by atoms with Crippen molar-refractivity contribution in [3.63, 3.8) is 0 Å². The number of pyridine rings is 1. The predicted octanol–water partition coefficient (Wildman–Crippen LogP) is 3.59. The van der Waals surface area contributed by atoms with Crippen molar-refractivity contribution in [2.75, 3.05) is 5.32 Å². The predicted molar refractivity (Wildman–Crippen MR) is 97.6 cm³/mol. The molecule has 2 heterocycles. The molecular weight excluding hydrogens is 386 g/mol. The van der Waals surface area contributed by atoms with E-state index in [1.54, 1.807) is 34.9 Å². The largest absolute Gasteiger partial charge is 0.448 e. The van der Waals surface area contributed by atoms with Crippen LogP contribution < -0.4 is 5.32 Å². The minimum atomic E-state index is -0.947. The van der Waals surface area contributed by atoms with E-state index < -0.39 is 18.0 Å². The lowest BCUT2D eigenvalue weighted by Crippen LogP contribution is -2.30. The summed E-state index contributed by atoms with van der Waals surface area (Å²) in [5, 5.41) is 2.70. The fourth-order valence-corrected chi connectivity index (χ4v) is 2.73. The number of nitrogens with one attached hydrogen (secondary N) is 1. The molecule has 0 saturated heterocycles. The molecule has 2 aromatic heterocycles. The molecule has 6 nitrogen and oxygen atoms in total. The van der Waals surface area contributed by atoms with Crippen LogP contribution in [0.4, 0.5) is 5.69 Å². The zero-order valence-electron chi connectivity index (χ0n) is 13.7. The molecule has 1 aromatic carbocycles. The summed E-state index contributed by atoms with van der Waals surface area (Å²) in [6.07, 6.45) is 0.656. The number of aryl methyl sites for hydroxylation is 1. The molecule has 1 amide bonds. The normalized spacial score (nSPS) is 12.0. The highest BCUT2D eigenvalue weighted by Crippen LogP contribution is 2.16. The Bertz CT molecular complexity index is 952. The van der Waals surface area contributed by atoms with Crippen LogP contribution in [0.15, 0.2) is 53.1 Å². The Kier molecular flexibility index (Phi) is 4.85. The SMILES string of the molecule is Cc1cccc2nc(C(=O)O[C@@H](C)C(=O)Nc3cccc(Br)c3)cn12. The molecule has 0 aliphatic carbocycles. The Balaban J connectivity index is 1.68. The van der Waals surface area contributed by atoms with Gasteiger partial charge in [0.1, 0.15) is 5.65 Å². The Morgan fingerprint density at radius 3 is 2.72 bits per heavy atom. The number of rotatable bonds is 4. The highest BCUT2D eigenvalue weighted by Gasteiger charge is 2.21. The van der Waals surface area contributed by atoms with E-state index in [2.05, 4.69) is 26.2 Å². The fraction of sp³-hybridized carbons (Fsp3) is 0.167. The number of carbonyl (C=O) groups excluding carboxylic acids is 2. The third-order valence-corrected chi connectivity index (χ3v) is 4.14. The van der Waals surface area contributed by atoms with E-state index in [-0.39, 0.29) is 5.69 Å². The van der Waals surface area contributed by atoms with Crippen molar-refractivity contribution in [2.45, 2.75) is 20.0 Å². The van der Waals surface area contributed by atoms with E-state index in [0.29, 0.717) is 11.3 Å². The highest BCUT2D eigenvalue weighted by atomic mass is 79.9. The lowest BCUT2D eigenvalue weighted by atomic mass is 10.3. The van der Waals surface area contributed by atoms with Crippen LogP contribution in [0.2, 0.25) is 0 Å². The number of imidazole rings is 1. The van der Waals surface area contributed by atoms with Gasteiger partial charge in [-0.05, 0) is 44.2 Å². The number of nitrogens with zero attached hydrogens (tertiary/aromatic N) is 2. The molecule has 0 radical (unpaired) electrons. The van der Waals surface area contributed by atoms with Crippen molar-refractivity contribution in [3.8, 4) is 0 Å². The zero-order valence-corrected chi connectivity index (χ0v) is 15.3. The standard InChI is InChI=1S/C18H16BrN3O3/c1-11-5-3-8-16-21-15(10-22(11)16)18(24)25-12(2)17(23)20-14-7-4-6-13(19)9-14/h3-10,12H,1-2H3,(H,20,23)/t12-/m0/s1. The van der Waals surface area contributed by atoms with Gasteiger partial charge in [-0.3, -0.25) is 4.79 Å². The first-order valence-corrected chi connectivity index (χ1v) is 8.45. The number of amides is 1. The molecule has 0 aliphatic heterocycles. The van der Waals surface area contributed by atoms with Gasteiger partial charge in [-0.15, -0.1) is 0 Å². The second kappa shape index (κ2) is 7.06. The number of benzene rings is 1. The lowest BCUT2D eigenvalue weighted by molar-refractivity contribution is -0.123. The Labute approximate surface area is 153 Å². The highest BCUT2D eigenvalue weighted by molar-refractivity contribution is 9.10. The van der Waals surface area contributed by atoms with E-state index in [4.69, 9.17) is 4.74 Å². The van der Waals surface area contributed by atoms with Gasteiger partial charge >= 0.3 is 5.97 Å². The van der Waals surface area contributed by atoms with E-state index in [9.17, 15) is 9.59 Å². The number of aromatic nitrogens is 2. The lowest BCUT2D eigenvalue weighted by Gasteiger charge is -2.12. The molecule has 3 aromatic rings. The van der Waals surface area contributed by atoms with Gasteiger partial charge in [0.25, 0.3) is 5.91 Å². The van der Waals surface area contributed by atoms with Crippen LogP contribution in [0.5, 0.6) is 0 Å². The van der Waals surface area contributed by atoms with E-state index in [1.165, 1.54) is 6.92 Å². The molecule has 0 aliphatic rings. The number of hydrogen-bond donors (Lipinski definition) is 1. The number of fused-ring (bicyclic) bond motifs is 1. The van der Waals surface area contributed by atoms with Crippen LogP contribution in [-0.4, -0.2) is 27.4 Å². The van der Waals surface area contributed by atoms with Gasteiger partial charge in [0.15, 0.2) is 11.8 Å². The Morgan fingerprint density at radius 1 is 1.24 bits per heavy atom. The quantitative estimate of drug-likeness (QED) is 0.677. The summed E-state index contributed by atoms with van der Waals surface area (Å²) >= 11 is 3.34. The van der Waals surface area contributed by atoms with Crippen molar-refractivity contribution >= 4 is 39.1 Å². The number of carbonyl (C=O) groups is 2. The molecular formula is C18H16BrN3O3. The average Bonchev–Trinajstić information content (AvgIpc) is 3.00. The summed E-state index contributed by atoms with van der Waals surface area (Å²) in [6.45, 7) is 3.43. The van der Waals surface area contributed by atoms with Crippen molar-refractivity contribution in [1.82, 2.24) is 9.38 Å². The number of hydrogen-bond acceptors (Lipinski definition) is 4. The number of anilines is 1. The maximum atomic E-state index is 12.3. The molecule has 128 valence electrons. The topological polar surface area (TPSA) is 72.7 Å². The first-order chi connectivity index (χ1) is 11.9. The molecule has 0 fully saturated rings. The minimum Gasteiger partial charge on any atom is -0.448 e. The Hall–Kier alpha value is -2.67. The van der Waals surface area contributed by atoms with Gasteiger partial charge in [0.05, 0.1) is 0 Å². The molecule has 7 heteroatoms. The maximum Gasteiger partial charge on any atom is 0.359 e. The Morgan fingerprint density at radius 2 is 2.00 bits per heavy atom. The monoisotopic (exact) mass is 401 g/mol. The van der Waals surface area contributed by atoms with Gasteiger partial charge in [-0.1, -0.05) is 28.1 Å². The fourth-order valence-electron chi connectivity index (χ4n) is 2.33. The van der Waals surface area contributed by atoms with Crippen LogP contribution in [0, 0.1) is 6.92 Å². The van der Waals surface area contributed by atoms with Gasteiger partial charge in [-0.25, -0.2) is 9.78 Å². The number of halogens is 1. The summed E-state index contributed by atoms with van der Waals surface area (Å²) in [7, 11) is 0. The van der Waals surface area contributed by atoms with Crippen molar-refractivity contribution in [2.24, 2.45) is 0 Å². The van der Waals surface area contributed by atoms with E-state index in [0.717, 1.165) is 10.2 Å². The third kappa shape index (κ3) is 3.88. The molecule has 1 atom stereocenters. The van der Waals surface area contributed by atoms with E-state index in [1.807, 2.05) is 25.1 Å².